The minimum absolute atomic E-state index is 0.0509. The summed E-state index contributed by atoms with van der Waals surface area (Å²) >= 11 is 0. The van der Waals surface area contributed by atoms with E-state index >= 15 is 0 Å². The van der Waals surface area contributed by atoms with Crippen molar-refractivity contribution in [3.63, 3.8) is 0 Å². The first-order valence-corrected chi connectivity index (χ1v) is 12.0. The molecule has 1 fully saturated rings. The number of anilines is 1. The number of aromatic nitrogens is 3. The molecule has 0 aliphatic carbocycles. The molecule has 8 nitrogen and oxygen atoms in total. The molecule has 1 unspecified atom stereocenters. The smallest absolute Gasteiger partial charge is 0.274 e. The highest BCUT2D eigenvalue weighted by Gasteiger charge is 2.25. The number of hydrogen-bond donors (Lipinski definition) is 1. The Morgan fingerprint density at radius 1 is 1.31 bits per heavy atom. The molecular weight excluding hydrogens is 442 g/mol. The number of sulfone groups is 1. The molecule has 170 valence electrons. The first kappa shape index (κ1) is 22.3. The van der Waals surface area contributed by atoms with Crippen LogP contribution in [0.3, 0.4) is 0 Å². The average molecular weight is 464 g/mol. The Bertz CT molecular complexity index is 1250. The van der Waals surface area contributed by atoms with Gasteiger partial charge in [-0.2, -0.15) is 5.10 Å². The zero-order valence-corrected chi connectivity index (χ0v) is 18.1. The molecule has 0 bridgehead atoms. The molecule has 11 heteroatoms. The van der Waals surface area contributed by atoms with Crippen molar-refractivity contribution in [2.75, 3.05) is 18.2 Å². The number of amides is 1. The fraction of sp³-hybridized carbons (Fsp3) is 0.381. The van der Waals surface area contributed by atoms with Crippen LogP contribution in [-0.4, -0.2) is 48.1 Å². The number of ether oxygens (including phenoxy) is 1. The maximum Gasteiger partial charge on any atom is 0.274 e. The largest absolute Gasteiger partial charge is 0.376 e. The molecule has 0 saturated carbocycles. The Hall–Kier alpha value is -2.92. The van der Waals surface area contributed by atoms with Crippen LogP contribution in [0.2, 0.25) is 0 Å². The lowest BCUT2D eigenvalue weighted by Gasteiger charge is -2.23. The molecule has 1 saturated heterocycles. The first-order chi connectivity index (χ1) is 15.2. The molecule has 1 aromatic carbocycles. The number of rotatable bonds is 6. The normalized spacial score (nSPS) is 17.1. The maximum absolute atomic E-state index is 13.6. The van der Waals surface area contributed by atoms with E-state index in [0.29, 0.717) is 6.61 Å². The molecule has 32 heavy (non-hydrogen) atoms. The van der Waals surface area contributed by atoms with Crippen molar-refractivity contribution in [2.24, 2.45) is 0 Å². The van der Waals surface area contributed by atoms with Gasteiger partial charge in [0.2, 0.25) is 0 Å². The van der Waals surface area contributed by atoms with Gasteiger partial charge in [0.1, 0.15) is 11.2 Å². The lowest BCUT2D eigenvalue weighted by molar-refractivity contribution is 0.00378. The molecule has 0 spiro atoms. The fourth-order valence-corrected chi connectivity index (χ4v) is 4.34. The van der Waals surface area contributed by atoms with E-state index in [4.69, 9.17) is 4.74 Å². The summed E-state index contributed by atoms with van der Waals surface area (Å²) in [4.78, 5) is 17.0. The van der Waals surface area contributed by atoms with Crippen LogP contribution < -0.4 is 5.32 Å². The molecule has 2 aromatic heterocycles. The number of benzene rings is 1. The zero-order chi connectivity index (χ0) is 22.9. The fourth-order valence-electron chi connectivity index (χ4n) is 3.75. The monoisotopic (exact) mass is 464 g/mol. The topological polar surface area (TPSA) is 103 Å². The third-order valence-electron chi connectivity index (χ3n) is 5.27. The van der Waals surface area contributed by atoms with Gasteiger partial charge in [0.15, 0.2) is 14.9 Å². The second kappa shape index (κ2) is 8.91. The summed E-state index contributed by atoms with van der Waals surface area (Å²) in [6.45, 7) is 0.839. The van der Waals surface area contributed by atoms with E-state index in [0.717, 1.165) is 25.5 Å². The number of fused-ring (bicyclic) bond motifs is 1. The van der Waals surface area contributed by atoms with Crippen LogP contribution in [0.1, 0.15) is 41.7 Å². The maximum atomic E-state index is 13.6. The Kier molecular flexibility index (Phi) is 6.20. The van der Waals surface area contributed by atoms with Gasteiger partial charge < -0.3 is 10.1 Å². The lowest BCUT2D eigenvalue weighted by Crippen LogP contribution is -2.28. The summed E-state index contributed by atoms with van der Waals surface area (Å²) in [5.74, 6) is -0.597. The summed E-state index contributed by atoms with van der Waals surface area (Å²) in [5, 5.41) is 7.07. The predicted molar refractivity (Wildman–Crippen MR) is 114 cm³/mol. The van der Waals surface area contributed by atoms with Crippen LogP contribution in [-0.2, 0) is 21.1 Å². The van der Waals surface area contributed by atoms with Gasteiger partial charge in [-0.15, -0.1) is 0 Å². The summed E-state index contributed by atoms with van der Waals surface area (Å²) in [5.41, 5.74) is 0.109. The number of alkyl halides is 2. The number of hydrogen-bond acceptors (Lipinski definition) is 6. The Morgan fingerprint density at radius 3 is 2.81 bits per heavy atom. The minimum atomic E-state index is -3.57. The van der Waals surface area contributed by atoms with Crippen LogP contribution in [0.5, 0.6) is 0 Å². The van der Waals surface area contributed by atoms with Crippen molar-refractivity contribution in [3.8, 4) is 0 Å². The van der Waals surface area contributed by atoms with E-state index in [1.807, 2.05) is 0 Å². The van der Waals surface area contributed by atoms with Crippen LogP contribution in [0.15, 0.2) is 41.6 Å². The molecule has 1 amide bonds. The highest BCUT2D eigenvalue weighted by Crippen LogP contribution is 2.30. The van der Waals surface area contributed by atoms with Gasteiger partial charge in [0.25, 0.3) is 12.3 Å². The Labute approximate surface area is 183 Å². The van der Waals surface area contributed by atoms with E-state index in [-0.39, 0.29) is 45.5 Å². The summed E-state index contributed by atoms with van der Waals surface area (Å²) in [6, 6.07) is 6.99. The summed E-state index contributed by atoms with van der Waals surface area (Å²) < 4.78 is 57.8. The van der Waals surface area contributed by atoms with Crippen molar-refractivity contribution in [3.05, 3.63) is 47.8 Å². The molecule has 1 atom stereocenters. The van der Waals surface area contributed by atoms with Gasteiger partial charge >= 0.3 is 0 Å². The van der Waals surface area contributed by atoms with E-state index < -0.39 is 22.2 Å². The highest BCUT2D eigenvalue weighted by atomic mass is 32.2. The minimum Gasteiger partial charge on any atom is -0.376 e. The molecular formula is C21H22F2N4O4S. The van der Waals surface area contributed by atoms with E-state index in [2.05, 4.69) is 15.4 Å². The number of carbonyl (C=O) groups excluding carboxylic acids is 1. The number of nitrogens with zero attached hydrogens (tertiary/aromatic N) is 3. The lowest BCUT2D eigenvalue weighted by atomic mass is 10.1. The van der Waals surface area contributed by atoms with Crippen molar-refractivity contribution >= 4 is 32.3 Å². The second-order valence-corrected chi connectivity index (χ2v) is 9.64. The van der Waals surface area contributed by atoms with Gasteiger partial charge in [-0.25, -0.2) is 22.2 Å². The Morgan fingerprint density at radius 2 is 2.12 bits per heavy atom. The number of halogens is 2. The molecule has 1 aliphatic heterocycles. The predicted octanol–water partition coefficient (Wildman–Crippen LogP) is 3.59. The third-order valence-corrected chi connectivity index (χ3v) is 6.26. The van der Waals surface area contributed by atoms with Crippen molar-refractivity contribution in [1.29, 1.82) is 0 Å². The molecule has 1 aliphatic rings. The number of carbonyl (C=O) groups is 1. The number of nitrogens with one attached hydrogen (secondary N) is 1. The molecule has 4 rings (SSSR count). The van der Waals surface area contributed by atoms with Gasteiger partial charge in [0.05, 0.1) is 12.6 Å². The molecule has 1 N–H and O–H groups in total. The van der Waals surface area contributed by atoms with E-state index in [1.165, 1.54) is 35.1 Å². The van der Waals surface area contributed by atoms with Crippen molar-refractivity contribution < 1.29 is 26.7 Å². The second-order valence-electron chi connectivity index (χ2n) is 7.67. The first-order valence-electron chi connectivity index (χ1n) is 10.1. The quantitative estimate of drug-likeness (QED) is 0.598. The van der Waals surface area contributed by atoms with Crippen LogP contribution in [0.25, 0.3) is 10.9 Å². The number of pyridine rings is 1. The molecule has 3 aromatic rings. The van der Waals surface area contributed by atoms with Crippen LogP contribution in [0, 0.1) is 0 Å². The van der Waals surface area contributed by atoms with Crippen LogP contribution in [0.4, 0.5) is 14.5 Å². The Balaban J connectivity index is 1.74. The molecule has 3 heterocycles. The van der Waals surface area contributed by atoms with Gasteiger partial charge in [-0.3, -0.25) is 9.48 Å². The van der Waals surface area contributed by atoms with Crippen LogP contribution >= 0.6 is 0 Å². The van der Waals surface area contributed by atoms with E-state index in [1.54, 1.807) is 6.07 Å². The summed E-state index contributed by atoms with van der Waals surface area (Å²) in [7, 11) is -3.57. The van der Waals surface area contributed by atoms with Crippen molar-refractivity contribution in [2.45, 2.75) is 43.4 Å². The van der Waals surface area contributed by atoms with E-state index in [9.17, 15) is 22.0 Å². The third kappa shape index (κ3) is 4.63. The highest BCUT2D eigenvalue weighted by molar-refractivity contribution is 7.90. The van der Waals surface area contributed by atoms with Crippen molar-refractivity contribution in [1.82, 2.24) is 14.8 Å². The zero-order valence-electron chi connectivity index (χ0n) is 17.3. The standard InChI is InChI=1S/C21H22F2N4O4S/c1-32(29,30)17-11-13(8-9-24-17)25-21(28)19-15-6-4-7-16(20(22)23)18(15)26-27(19)12-14-5-2-3-10-31-14/h4,6-9,11,14,20H,2-3,5,10,12H2,1H3,(H,24,25,28). The SMILES string of the molecule is CS(=O)(=O)c1cc(NC(=O)c2c3cccc(C(F)F)c3nn2CC2CCCCO2)ccn1. The van der Waals surface area contributed by atoms with Gasteiger partial charge in [0, 0.05) is 35.7 Å². The van der Waals surface area contributed by atoms with Gasteiger partial charge in [-0.1, -0.05) is 18.2 Å². The summed E-state index contributed by atoms with van der Waals surface area (Å²) in [6.07, 6.45) is 2.05. The average Bonchev–Trinajstić information content (AvgIpc) is 3.11. The molecule has 0 radical (unpaired) electrons. The van der Waals surface area contributed by atoms with Gasteiger partial charge in [-0.05, 0) is 31.4 Å².